The van der Waals surface area contributed by atoms with Crippen molar-refractivity contribution in [2.24, 2.45) is 16.6 Å². The largest absolute Gasteiger partial charge is 0.370 e. The summed E-state index contributed by atoms with van der Waals surface area (Å²) >= 11 is 0. The fourth-order valence-electron chi connectivity index (χ4n) is 4.68. The monoisotopic (exact) mass is 413 g/mol. The van der Waals surface area contributed by atoms with E-state index in [1.54, 1.807) is 0 Å². The first-order valence-electron chi connectivity index (χ1n) is 11.8. The van der Waals surface area contributed by atoms with Crippen LogP contribution in [0.25, 0.3) is 0 Å². The molecule has 0 aromatic heterocycles. The molecule has 30 heavy (non-hydrogen) atoms. The molecule has 2 saturated heterocycles. The molecule has 1 amide bonds. The van der Waals surface area contributed by atoms with E-state index in [-0.39, 0.29) is 5.91 Å². The topological polar surface area (TPSA) is 74.0 Å². The Hall–Kier alpha value is -2.08. The van der Waals surface area contributed by atoms with E-state index in [1.165, 1.54) is 49.9 Å². The Morgan fingerprint density at radius 2 is 1.90 bits per heavy atom. The summed E-state index contributed by atoms with van der Waals surface area (Å²) in [6, 6.07) is 8.88. The van der Waals surface area contributed by atoms with Gasteiger partial charge in [-0.2, -0.15) is 0 Å². The number of hydrogen-bond acceptors (Lipinski definition) is 3. The zero-order valence-electron chi connectivity index (χ0n) is 18.6. The first kappa shape index (κ1) is 22.6. The van der Waals surface area contributed by atoms with Gasteiger partial charge in [-0.15, -0.1) is 0 Å². The number of nitrogens with two attached hydrogens (primary N) is 1. The summed E-state index contributed by atoms with van der Waals surface area (Å²) in [4.78, 5) is 21.1. The number of nitrogens with zero attached hydrogens (tertiary/aromatic N) is 3. The fraction of sp³-hybridized carbons (Fsp3) is 0.667. The molecular weight excluding hydrogens is 374 g/mol. The van der Waals surface area contributed by atoms with Crippen LogP contribution in [0.3, 0.4) is 0 Å². The lowest BCUT2D eigenvalue weighted by Crippen LogP contribution is -2.47. The van der Waals surface area contributed by atoms with E-state index >= 15 is 0 Å². The number of carbonyl (C=O) groups is 1. The molecule has 0 radical (unpaired) electrons. The third kappa shape index (κ3) is 7.31. The molecule has 1 aromatic rings. The maximum absolute atomic E-state index is 11.3. The summed E-state index contributed by atoms with van der Waals surface area (Å²) in [7, 11) is 0. The van der Waals surface area contributed by atoms with Crippen molar-refractivity contribution in [2.75, 3.05) is 32.7 Å². The molecule has 2 aliphatic rings. The SMILES string of the molecule is CCNC(=NCc1cccc(CN2CCCCCC2)c1)N1CCCC(CC(N)=O)C1. The molecule has 3 rings (SSSR count). The normalized spacial score (nSPS) is 21.3. The highest BCUT2D eigenvalue weighted by atomic mass is 16.1. The number of benzene rings is 1. The third-order valence-corrected chi connectivity index (χ3v) is 6.15. The van der Waals surface area contributed by atoms with Crippen molar-refractivity contribution in [1.29, 1.82) is 0 Å². The lowest BCUT2D eigenvalue weighted by Gasteiger charge is -2.34. The van der Waals surface area contributed by atoms with Crippen LogP contribution in [0.5, 0.6) is 0 Å². The number of aliphatic imine (C=N–C) groups is 1. The molecule has 2 fully saturated rings. The molecule has 1 aromatic carbocycles. The summed E-state index contributed by atoms with van der Waals surface area (Å²) in [5.41, 5.74) is 8.06. The van der Waals surface area contributed by atoms with Gasteiger partial charge in [0.1, 0.15) is 0 Å². The molecule has 0 saturated carbocycles. The second-order valence-corrected chi connectivity index (χ2v) is 8.81. The Balaban J connectivity index is 1.62. The van der Waals surface area contributed by atoms with Crippen molar-refractivity contribution in [3.8, 4) is 0 Å². The van der Waals surface area contributed by atoms with E-state index in [2.05, 4.69) is 46.3 Å². The maximum Gasteiger partial charge on any atom is 0.217 e. The van der Waals surface area contributed by atoms with Gasteiger partial charge >= 0.3 is 0 Å². The summed E-state index contributed by atoms with van der Waals surface area (Å²) in [6.07, 6.45) is 8.00. The number of guanidine groups is 1. The minimum Gasteiger partial charge on any atom is -0.370 e. The highest BCUT2D eigenvalue weighted by molar-refractivity contribution is 5.80. The molecule has 3 N–H and O–H groups in total. The standard InChI is InChI=1S/C24H39N5O/c1-2-26-24(29-14-8-11-22(19-29)16-23(25)30)27-17-20-9-7-10-21(15-20)18-28-12-5-3-4-6-13-28/h7,9-10,15,22H,2-6,8,11-14,16-19H2,1H3,(H2,25,30)(H,26,27). The minimum atomic E-state index is -0.204. The van der Waals surface area contributed by atoms with Gasteiger partial charge in [-0.1, -0.05) is 37.1 Å². The van der Waals surface area contributed by atoms with Crippen molar-refractivity contribution >= 4 is 11.9 Å². The Labute approximate surface area is 181 Å². The first-order chi connectivity index (χ1) is 14.6. The summed E-state index contributed by atoms with van der Waals surface area (Å²) in [6.45, 7) is 8.92. The predicted octanol–water partition coefficient (Wildman–Crippen LogP) is 3.12. The van der Waals surface area contributed by atoms with E-state index < -0.39 is 0 Å². The second-order valence-electron chi connectivity index (χ2n) is 8.81. The van der Waals surface area contributed by atoms with Gasteiger partial charge in [0.25, 0.3) is 0 Å². The van der Waals surface area contributed by atoms with Gasteiger partial charge in [-0.25, -0.2) is 4.99 Å². The van der Waals surface area contributed by atoms with Gasteiger partial charge in [0.2, 0.25) is 5.91 Å². The number of rotatable bonds is 7. The molecule has 0 spiro atoms. The van der Waals surface area contributed by atoms with Crippen molar-refractivity contribution in [2.45, 2.75) is 65.0 Å². The summed E-state index contributed by atoms with van der Waals surface area (Å²) in [5, 5.41) is 3.44. The number of nitrogens with one attached hydrogen (secondary N) is 1. The number of likely N-dealkylation sites (tertiary alicyclic amines) is 2. The number of piperidine rings is 1. The lowest BCUT2D eigenvalue weighted by molar-refractivity contribution is -0.119. The first-order valence-corrected chi connectivity index (χ1v) is 11.8. The quantitative estimate of drug-likeness (QED) is 0.532. The average Bonchev–Trinajstić information content (AvgIpc) is 3.00. The van der Waals surface area contributed by atoms with Gasteiger partial charge in [0.05, 0.1) is 6.54 Å². The molecular formula is C24H39N5O. The number of amides is 1. The van der Waals surface area contributed by atoms with Crippen LogP contribution in [-0.2, 0) is 17.9 Å². The van der Waals surface area contributed by atoms with Gasteiger partial charge in [0, 0.05) is 32.6 Å². The van der Waals surface area contributed by atoms with Crippen molar-refractivity contribution in [3.05, 3.63) is 35.4 Å². The van der Waals surface area contributed by atoms with E-state index in [0.717, 1.165) is 45.0 Å². The molecule has 6 heteroatoms. The number of primary amides is 1. The van der Waals surface area contributed by atoms with E-state index in [0.29, 0.717) is 18.9 Å². The molecule has 1 atom stereocenters. The lowest BCUT2D eigenvalue weighted by atomic mass is 9.95. The zero-order valence-corrected chi connectivity index (χ0v) is 18.6. The highest BCUT2D eigenvalue weighted by Gasteiger charge is 2.23. The van der Waals surface area contributed by atoms with E-state index in [4.69, 9.17) is 10.7 Å². The van der Waals surface area contributed by atoms with Crippen LogP contribution in [-0.4, -0.2) is 54.4 Å². The molecule has 166 valence electrons. The molecule has 0 bridgehead atoms. The average molecular weight is 414 g/mol. The molecule has 2 aliphatic heterocycles. The fourth-order valence-corrected chi connectivity index (χ4v) is 4.68. The smallest absolute Gasteiger partial charge is 0.217 e. The summed E-state index contributed by atoms with van der Waals surface area (Å²) in [5.74, 6) is 1.08. The minimum absolute atomic E-state index is 0.204. The van der Waals surface area contributed by atoms with Gasteiger partial charge in [0.15, 0.2) is 5.96 Å². The summed E-state index contributed by atoms with van der Waals surface area (Å²) < 4.78 is 0. The molecule has 1 unspecified atom stereocenters. The van der Waals surface area contributed by atoms with E-state index in [9.17, 15) is 4.79 Å². The zero-order chi connectivity index (χ0) is 21.2. The van der Waals surface area contributed by atoms with Gasteiger partial charge < -0.3 is 16.0 Å². The van der Waals surface area contributed by atoms with Crippen molar-refractivity contribution < 1.29 is 4.79 Å². The molecule has 0 aliphatic carbocycles. The van der Waals surface area contributed by atoms with Crippen LogP contribution in [0.15, 0.2) is 29.3 Å². The van der Waals surface area contributed by atoms with Gasteiger partial charge in [-0.3, -0.25) is 9.69 Å². The molecule has 2 heterocycles. The van der Waals surface area contributed by atoms with Crippen LogP contribution in [0.1, 0.15) is 63.0 Å². The highest BCUT2D eigenvalue weighted by Crippen LogP contribution is 2.20. The van der Waals surface area contributed by atoms with Crippen LogP contribution >= 0.6 is 0 Å². The van der Waals surface area contributed by atoms with Gasteiger partial charge in [-0.05, 0) is 62.7 Å². The van der Waals surface area contributed by atoms with Crippen LogP contribution < -0.4 is 11.1 Å². The molecule has 6 nitrogen and oxygen atoms in total. The van der Waals surface area contributed by atoms with Crippen LogP contribution in [0, 0.1) is 5.92 Å². The van der Waals surface area contributed by atoms with Crippen molar-refractivity contribution in [1.82, 2.24) is 15.1 Å². The maximum atomic E-state index is 11.3. The Morgan fingerprint density at radius 1 is 1.13 bits per heavy atom. The number of carbonyl (C=O) groups excluding carboxylic acids is 1. The Bertz CT molecular complexity index is 697. The van der Waals surface area contributed by atoms with Crippen LogP contribution in [0.2, 0.25) is 0 Å². The van der Waals surface area contributed by atoms with Crippen molar-refractivity contribution in [3.63, 3.8) is 0 Å². The Kier molecular flexibility index (Phi) is 9.00. The van der Waals surface area contributed by atoms with Crippen LogP contribution in [0.4, 0.5) is 0 Å². The third-order valence-electron chi connectivity index (χ3n) is 6.15. The second kappa shape index (κ2) is 11.9. The Morgan fingerprint density at radius 3 is 2.63 bits per heavy atom. The predicted molar refractivity (Wildman–Crippen MR) is 123 cm³/mol. The van der Waals surface area contributed by atoms with E-state index in [1.807, 2.05) is 0 Å². The number of hydrogen-bond donors (Lipinski definition) is 2.